The Balaban J connectivity index is 2.10. The van der Waals surface area contributed by atoms with Crippen LogP contribution >= 0.6 is 27.7 Å². The van der Waals surface area contributed by atoms with Crippen LogP contribution in [0.3, 0.4) is 0 Å². The van der Waals surface area contributed by atoms with Crippen molar-refractivity contribution in [2.45, 2.75) is 42.4 Å². The van der Waals surface area contributed by atoms with E-state index in [-0.39, 0.29) is 10.9 Å². The Bertz CT molecular complexity index is 578. The van der Waals surface area contributed by atoms with Crippen molar-refractivity contribution in [2.75, 3.05) is 11.5 Å². The first-order chi connectivity index (χ1) is 9.42. The summed E-state index contributed by atoms with van der Waals surface area (Å²) in [7, 11) is -3.52. The van der Waals surface area contributed by atoms with Gasteiger partial charge in [0, 0.05) is 21.5 Å². The van der Waals surface area contributed by atoms with Gasteiger partial charge >= 0.3 is 0 Å². The van der Waals surface area contributed by atoms with Gasteiger partial charge in [0.1, 0.15) is 0 Å². The van der Waals surface area contributed by atoms with Gasteiger partial charge in [0.15, 0.2) is 0 Å². The maximum atomic E-state index is 12.4. The van der Waals surface area contributed by atoms with Crippen molar-refractivity contribution in [3.63, 3.8) is 0 Å². The van der Waals surface area contributed by atoms with Crippen LogP contribution in [-0.4, -0.2) is 25.5 Å². The Labute approximate surface area is 133 Å². The number of anilines is 1. The van der Waals surface area contributed by atoms with Crippen LogP contribution in [-0.2, 0) is 10.0 Å². The Kier molecular flexibility index (Phi) is 5.39. The molecule has 20 heavy (non-hydrogen) atoms. The van der Waals surface area contributed by atoms with Crippen LogP contribution in [0.25, 0.3) is 0 Å². The van der Waals surface area contributed by atoms with Crippen LogP contribution in [0.5, 0.6) is 0 Å². The summed E-state index contributed by atoms with van der Waals surface area (Å²) in [6.45, 7) is 2.13. The summed E-state index contributed by atoms with van der Waals surface area (Å²) in [6, 6.07) is 4.85. The normalized spacial score (nSPS) is 23.1. The molecule has 0 amide bonds. The monoisotopic (exact) mass is 378 g/mol. The van der Waals surface area contributed by atoms with Crippen LogP contribution in [0.4, 0.5) is 5.69 Å². The smallest absolute Gasteiger partial charge is 0.242 e. The number of hydrogen-bond donors (Lipinski definition) is 2. The molecule has 1 fully saturated rings. The Morgan fingerprint density at radius 2 is 2.20 bits per heavy atom. The maximum absolute atomic E-state index is 12.4. The third kappa shape index (κ3) is 3.90. The van der Waals surface area contributed by atoms with Crippen LogP contribution in [0, 0.1) is 0 Å². The fourth-order valence-electron chi connectivity index (χ4n) is 2.44. The number of rotatable bonds is 5. The third-order valence-corrected chi connectivity index (χ3v) is 7.10. The summed E-state index contributed by atoms with van der Waals surface area (Å²) in [5, 5.41) is 0.567. The van der Waals surface area contributed by atoms with E-state index in [1.807, 2.05) is 11.8 Å². The van der Waals surface area contributed by atoms with E-state index in [0.717, 1.165) is 25.0 Å². The zero-order valence-electron chi connectivity index (χ0n) is 11.3. The Morgan fingerprint density at radius 1 is 1.45 bits per heavy atom. The summed E-state index contributed by atoms with van der Waals surface area (Å²) in [5.74, 6) is 1.07. The van der Waals surface area contributed by atoms with Crippen LogP contribution < -0.4 is 10.5 Å². The molecule has 3 N–H and O–H groups in total. The molecule has 1 aromatic carbocycles. The Morgan fingerprint density at radius 3 is 2.90 bits per heavy atom. The van der Waals surface area contributed by atoms with Gasteiger partial charge < -0.3 is 5.73 Å². The SMILES string of the molecule is CCSC1CCC(NS(=O)(=O)c2cc(N)ccc2Br)C1. The van der Waals surface area contributed by atoms with Gasteiger partial charge in [0.25, 0.3) is 0 Å². The molecule has 0 heterocycles. The molecule has 1 aliphatic rings. The van der Waals surface area contributed by atoms with Crippen LogP contribution in [0.15, 0.2) is 27.6 Å². The molecule has 112 valence electrons. The highest BCUT2D eigenvalue weighted by molar-refractivity contribution is 9.10. The van der Waals surface area contributed by atoms with Gasteiger partial charge in [-0.1, -0.05) is 6.92 Å². The fourth-order valence-corrected chi connectivity index (χ4v) is 5.87. The largest absolute Gasteiger partial charge is 0.399 e. The molecule has 2 rings (SSSR count). The minimum Gasteiger partial charge on any atom is -0.399 e. The van der Waals surface area contributed by atoms with Crippen molar-refractivity contribution >= 4 is 43.4 Å². The molecule has 0 aliphatic heterocycles. The molecule has 2 unspecified atom stereocenters. The Hall–Kier alpha value is -0.240. The molecular weight excluding hydrogens is 360 g/mol. The summed E-state index contributed by atoms with van der Waals surface area (Å²) in [5.41, 5.74) is 6.12. The summed E-state index contributed by atoms with van der Waals surface area (Å²) < 4.78 is 28.2. The lowest BCUT2D eigenvalue weighted by Gasteiger charge is -2.14. The van der Waals surface area contributed by atoms with Gasteiger partial charge in [-0.15, -0.1) is 0 Å². The molecule has 0 radical (unpaired) electrons. The molecule has 0 saturated heterocycles. The second kappa shape index (κ2) is 6.68. The molecule has 0 bridgehead atoms. The van der Waals surface area contributed by atoms with Gasteiger partial charge in [-0.05, 0) is 59.1 Å². The molecular formula is C13H19BrN2O2S2. The lowest BCUT2D eigenvalue weighted by atomic mass is 10.3. The number of halogens is 1. The van der Waals surface area contributed by atoms with E-state index in [4.69, 9.17) is 5.73 Å². The van der Waals surface area contributed by atoms with E-state index < -0.39 is 10.0 Å². The quantitative estimate of drug-likeness (QED) is 0.772. The zero-order chi connectivity index (χ0) is 14.8. The van der Waals surface area contributed by atoms with E-state index in [1.165, 1.54) is 6.07 Å². The number of sulfonamides is 1. The van der Waals surface area contributed by atoms with Crippen molar-refractivity contribution in [3.05, 3.63) is 22.7 Å². The van der Waals surface area contributed by atoms with Crippen molar-refractivity contribution in [1.82, 2.24) is 4.72 Å². The lowest BCUT2D eigenvalue weighted by Crippen LogP contribution is -2.33. The average Bonchev–Trinajstić information content (AvgIpc) is 2.79. The highest BCUT2D eigenvalue weighted by Crippen LogP contribution is 2.31. The maximum Gasteiger partial charge on any atom is 0.242 e. The highest BCUT2D eigenvalue weighted by atomic mass is 79.9. The van der Waals surface area contributed by atoms with Crippen molar-refractivity contribution < 1.29 is 8.42 Å². The van der Waals surface area contributed by atoms with Gasteiger partial charge in [0.05, 0.1) is 4.90 Å². The van der Waals surface area contributed by atoms with Crippen molar-refractivity contribution in [3.8, 4) is 0 Å². The number of nitrogen functional groups attached to an aromatic ring is 1. The van der Waals surface area contributed by atoms with E-state index in [9.17, 15) is 8.42 Å². The van der Waals surface area contributed by atoms with Gasteiger partial charge in [-0.3, -0.25) is 0 Å². The second-order valence-electron chi connectivity index (χ2n) is 4.90. The summed E-state index contributed by atoms with van der Waals surface area (Å²) in [6.07, 6.45) is 2.87. The molecule has 0 aromatic heterocycles. The number of thioether (sulfide) groups is 1. The predicted molar refractivity (Wildman–Crippen MR) is 88.4 cm³/mol. The van der Waals surface area contributed by atoms with Gasteiger partial charge in [0.2, 0.25) is 10.0 Å². The summed E-state index contributed by atoms with van der Waals surface area (Å²) >= 11 is 5.18. The van der Waals surface area contributed by atoms with Crippen LogP contribution in [0.1, 0.15) is 26.2 Å². The molecule has 1 aliphatic carbocycles. The zero-order valence-corrected chi connectivity index (χ0v) is 14.5. The minimum atomic E-state index is -3.52. The molecule has 7 heteroatoms. The molecule has 0 spiro atoms. The standard InChI is InChI=1S/C13H19BrN2O2S2/c1-2-19-11-5-4-10(8-11)16-20(17,18)13-7-9(15)3-6-12(13)14/h3,6-7,10-11,16H,2,4-5,8,15H2,1H3. The summed E-state index contributed by atoms with van der Waals surface area (Å²) in [4.78, 5) is 0.212. The van der Waals surface area contributed by atoms with E-state index >= 15 is 0 Å². The molecule has 1 saturated carbocycles. The number of hydrogen-bond acceptors (Lipinski definition) is 4. The van der Waals surface area contributed by atoms with E-state index in [1.54, 1.807) is 12.1 Å². The number of nitrogens with one attached hydrogen (secondary N) is 1. The lowest BCUT2D eigenvalue weighted by molar-refractivity contribution is 0.552. The second-order valence-corrected chi connectivity index (χ2v) is 9.01. The highest BCUT2D eigenvalue weighted by Gasteiger charge is 2.29. The number of benzene rings is 1. The first-order valence-corrected chi connectivity index (χ1v) is 9.94. The molecule has 1 aromatic rings. The predicted octanol–water partition coefficient (Wildman–Crippen LogP) is 2.98. The van der Waals surface area contributed by atoms with E-state index in [0.29, 0.717) is 15.4 Å². The third-order valence-electron chi connectivity index (χ3n) is 3.35. The average molecular weight is 379 g/mol. The van der Waals surface area contributed by atoms with Gasteiger partial charge in [-0.2, -0.15) is 11.8 Å². The number of nitrogens with two attached hydrogens (primary N) is 1. The fraction of sp³-hybridized carbons (Fsp3) is 0.538. The van der Waals surface area contributed by atoms with Crippen LogP contribution in [0.2, 0.25) is 0 Å². The first kappa shape index (κ1) is 16.1. The molecule has 4 nitrogen and oxygen atoms in total. The van der Waals surface area contributed by atoms with Crippen molar-refractivity contribution in [1.29, 1.82) is 0 Å². The molecule has 2 atom stereocenters. The van der Waals surface area contributed by atoms with E-state index in [2.05, 4.69) is 27.6 Å². The van der Waals surface area contributed by atoms with Crippen molar-refractivity contribution in [2.24, 2.45) is 0 Å². The van der Waals surface area contributed by atoms with Gasteiger partial charge in [-0.25, -0.2) is 13.1 Å². The minimum absolute atomic E-state index is 0.0254. The topological polar surface area (TPSA) is 72.2 Å². The first-order valence-electron chi connectivity index (χ1n) is 6.61.